The van der Waals surface area contributed by atoms with Gasteiger partial charge in [0.2, 0.25) is 0 Å². The van der Waals surface area contributed by atoms with E-state index in [1.165, 1.54) is 5.56 Å². The van der Waals surface area contributed by atoms with Crippen LogP contribution < -0.4 is 5.73 Å². The first-order chi connectivity index (χ1) is 6.45. The van der Waals surface area contributed by atoms with Gasteiger partial charge in [0.15, 0.2) is 0 Å². The molecule has 2 N–H and O–H groups in total. The van der Waals surface area contributed by atoms with E-state index in [0.29, 0.717) is 6.54 Å². The van der Waals surface area contributed by atoms with Gasteiger partial charge < -0.3 is 5.73 Å². The Bertz CT molecular complexity index is 303. The topological polar surface area (TPSA) is 26.0 Å². The minimum atomic E-state index is 0.0855. The Morgan fingerprint density at radius 1 is 1.36 bits per heavy atom. The molecule has 0 radical (unpaired) electrons. The Balaban J connectivity index is 3.05. The smallest absolute Gasteiger partial charge is 0.0420 e. The molecule has 0 saturated heterocycles. The SMILES string of the molecule is CC(C)(CCN)c1cc(Cl)cc(Br)c1. The van der Waals surface area contributed by atoms with Crippen molar-refractivity contribution in [3.63, 3.8) is 0 Å². The van der Waals surface area contributed by atoms with E-state index in [0.717, 1.165) is 15.9 Å². The molecule has 0 aliphatic rings. The highest BCUT2D eigenvalue weighted by Crippen LogP contribution is 2.31. The zero-order chi connectivity index (χ0) is 10.8. The number of rotatable bonds is 3. The third kappa shape index (κ3) is 2.97. The quantitative estimate of drug-likeness (QED) is 0.894. The summed E-state index contributed by atoms with van der Waals surface area (Å²) in [6.07, 6.45) is 0.958. The molecule has 78 valence electrons. The lowest BCUT2D eigenvalue weighted by molar-refractivity contribution is 0.487. The van der Waals surface area contributed by atoms with Crippen molar-refractivity contribution in [1.29, 1.82) is 0 Å². The summed E-state index contributed by atoms with van der Waals surface area (Å²) < 4.78 is 1.02. The number of nitrogens with two attached hydrogens (primary N) is 1. The first-order valence-electron chi connectivity index (χ1n) is 4.62. The molecule has 1 nitrogen and oxygen atoms in total. The Morgan fingerprint density at radius 3 is 2.50 bits per heavy atom. The second-order valence-corrected chi connectivity index (χ2v) is 5.43. The zero-order valence-corrected chi connectivity index (χ0v) is 10.8. The van der Waals surface area contributed by atoms with Crippen LogP contribution in [0.4, 0.5) is 0 Å². The van der Waals surface area contributed by atoms with Crippen LogP contribution in [-0.2, 0) is 5.41 Å². The standard InChI is InChI=1S/C11H15BrClN/c1-11(2,3-4-14)8-5-9(12)7-10(13)6-8/h5-7H,3-4,14H2,1-2H3. The molecule has 0 fully saturated rings. The number of halogens is 2. The summed E-state index contributed by atoms with van der Waals surface area (Å²) >= 11 is 9.44. The van der Waals surface area contributed by atoms with E-state index in [1.807, 2.05) is 12.1 Å². The van der Waals surface area contributed by atoms with Gasteiger partial charge in [-0.15, -0.1) is 0 Å². The molecule has 0 spiro atoms. The van der Waals surface area contributed by atoms with Crippen molar-refractivity contribution in [3.8, 4) is 0 Å². The van der Waals surface area contributed by atoms with Crippen LogP contribution in [0.15, 0.2) is 22.7 Å². The summed E-state index contributed by atoms with van der Waals surface area (Å²) in [4.78, 5) is 0. The van der Waals surface area contributed by atoms with Crippen LogP contribution in [0, 0.1) is 0 Å². The van der Waals surface area contributed by atoms with Crippen molar-refractivity contribution in [1.82, 2.24) is 0 Å². The number of hydrogen-bond acceptors (Lipinski definition) is 1. The van der Waals surface area contributed by atoms with E-state index < -0.39 is 0 Å². The largest absolute Gasteiger partial charge is 0.330 e. The first-order valence-corrected chi connectivity index (χ1v) is 5.79. The Labute approximate surface area is 98.8 Å². The number of benzene rings is 1. The van der Waals surface area contributed by atoms with Gasteiger partial charge in [-0.25, -0.2) is 0 Å². The minimum Gasteiger partial charge on any atom is -0.330 e. The van der Waals surface area contributed by atoms with Crippen LogP contribution in [-0.4, -0.2) is 6.54 Å². The van der Waals surface area contributed by atoms with Gasteiger partial charge in [0.1, 0.15) is 0 Å². The maximum absolute atomic E-state index is 6.00. The molecule has 0 saturated carbocycles. The molecule has 1 aromatic carbocycles. The lowest BCUT2D eigenvalue weighted by Gasteiger charge is -2.25. The highest BCUT2D eigenvalue weighted by molar-refractivity contribution is 9.10. The average Bonchev–Trinajstić information content (AvgIpc) is 2.02. The Kier molecular flexibility index (Phi) is 3.99. The van der Waals surface area contributed by atoms with Crippen LogP contribution in [0.1, 0.15) is 25.8 Å². The monoisotopic (exact) mass is 275 g/mol. The molecule has 1 rings (SSSR count). The van der Waals surface area contributed by atoms with E-state index >= 15 is 0 Å². The van der Waals surface area contributed by atoms with Crippen LogP contribution in [0.3, 0.4) is 0 Å². The van der Waals surface area contributed by atoms with E-state index in [4.69, 9.17) is 17.3 Å². The average molecular weight is 277 g/mol. The van der Waals surface area contributed by atoms with Crippen molar-refractivity contribution in [3.05, 3.63) is 33.3 Å². The summed E-state index contributed by atoms with van der Waals surface area (Å²) in [5, 5.41) is 0.763. The van der Waals surface area contributed by atoms with Gasteiger partial charge in [0.25, 0.3) is 0 Å². The lowest BCUT2D eigenvalue weighted by Crippen LogP contribution is -2.21. The predicted octanol–water partition coefficient (Wildman–Crippen LogP) is 3.73. The highest BCUT2D eigenvalue weighted by atomic mass is 79.9. The molecule has 0 aromatic heterocycles. The number of hydrogen-bond donors (Lipinski definition) is 1. The van der Waals surface area contributed by atoms with Crippen molar-refractivity contribution >= 4 is 27.5 Å². The summed E-state index contributed by atoms with van der Waals surface area (Å²) in [5.74, 6) is 0. The van der Waals surface area contributed by atoms with Crippen LogP contribution in [0.5, 0.6) is 0 Å². The third-order valence-corrected chi connectivity index (χ3v) is 3.09. The lowest BCUT2D eigenvalue weighted by atomic mass is 9.82. The summed E-state index contributed by atoms with van der Waals surface area (Å²) in [6.45, 7) is 5.05. The third-order valence-electron chi connectivity index (χ3n) is 2.41. The molecule has 3 heteroatoms. The van der Waals surface area contributed by atoms with Gasteiger partial charge >= 0.3 is 0 Å². The summed E-state index contributed by atoms with van der Waals surface area (Å²) in [7, 11) is 0. The molecule has 0 amide bonds. The molecular weight excluding hydrogens is 261 g/mol. The van der Waals surface area contributed by atoms with Gasteiger partial charge in [0.05, 0.1) is 0 Å². The van der Waals surface area contributed by atoms with Crippen LogP contribution in [0.25, 0.3) is 0 Å². The van der Waals surface area contributed by atoms with Gasteiger partial charge in [-0.05, 0) is 42.1 Å². The maximum atomic E-state index is 6.00. The molecule has 14 heavy (non-hydrogen) atoms. The molecule has 0 bridgehead atoms. The van der Waals surface area contributed by atoms with E-state index in [2.05, 4.69) is 35.8 Å². The Morgan fingerprint density at radius 2 is 2.00 bits per heavy atom. The van der Waals surface area contributed by atoms with E-state index in [1.54, 1.807) is 0 Å². The fourth-order valence-corrected chi connectivity index (χ4v) is 2.31. The maximum Gasteiger partial charge on any atom is 0.0420 e. The second-order valence-electron chi connectivity index (χ2n) is 4.08. The zero-order valence-electron chi connectivity index (χ0n) is 8.48. The van der Waals surface area contributed by atoms with E-state index in [-0.39, 0.29) is 5.41 Å². The normalized spacial score (nSPS) is 11.8. The molecule has 1 aromatic rings. The Hall–Kier alpha value is -0.0500. The minimum absolute atomic E-state index is 0.0855. The van der Waals surface area contributed by atoms with Gasteiger partial charge in [0, 0.05) is 9.50 Å². The van der Waals surface area contributed by atoms with Gasteiger partial charge in [-0.1, -0.05) is 41.4 Å². The van der Waals surface area contributed by atoms with Crippen molar-refractivity contribution in [2.45, 2.75) is 25.7 Å². The molecule has 0 heterocycles. The van der Waals surface area contributed by atoms with Gasteiger partial charge in [-0.2, -0.15) is 0 Å². The molecule has 0 unspecified atom stereocenters. The molecular formula is C11H15BrClN. The van der Waals surface area contributed by atoms with Crippen molar-refractivity contribution in [2.24, 2.45) is 5.73 Å². The summed E-state index contributed by atoms with van der Waals surface area (Å²) in [6, 6.07) is 5.99. The molecule has 0 atom stereocenters. The van der Waals surface area contributed by atoms with Crippen molar-refractivity contribution < 1.29 is 0 Å². The molecule has 0 aliphatic heterocycles. The van der Waals surface area contributed by atoms with Gasteiger partial charge in [-0.3, -0.25) is 0 Å². The first kappa shape index (κ1) is 12.0. The van der Waals surface area contributed by atoms with Crippen LogP contribution in [0.2, 0.25) is 5.02 Å². The van der Waals surface area contributed by atoms with Crippen LogP contribution >= 0.6 is 27.5 Å². The highest BCUT2D eigenvalue weighted by Gasteiger charge is 2.20. The van der Waals surface area contributed by atoms with Crippen molar-refractivity contribution in [2.75, 3.05) is 6.54 Å². The second kappa shape index (κ2) is 4.65. The molecule has 0 aliphatic carbocycles. The fraction of sp³-hybridized carbons (Fsp3) is 0.455. The summed E-state index contributed by atoms with van der Waals surface area (Å²) in [5.41, 5.74) is 6.89. The van der Waals surface area contributed by atoms with E-state index in [9.17, 15) is 0 Å². The fourth-order valence-electron chi connectivity index (χ4n) is 1.45. The predicted molar refractivity (Wildman–Crippen MR) is 65.8 cm³/mol.